The summed E-state index contributed by atoms with van der Waals surface area (Å²) in [6, 6.07) is 0. The molecule has 1 N–H and O–H groups in total. The predicted octanol–water partition coefficient (Wildman–Crippen LogP) is 1.57. The molecule has 0 unspecified atom stereocenters. The minimum atomic E-state index is -0.111. The summed E-state index contributed by atoms with van der Waals surface area (Å²) < 4.78 is 10.9. The second kappa shape index (κ2) is 5.15. The third kappa shape index (κ3) is 3.60. The lowest BCUT2D eigenvalue weighted by molar-refractivity contribution is 0.103. The van der Waals surface area contributed by atoms with Gasteiger partial charge in [0.25, 0.3) is 0 Å². The SMILES string of the molecule is CC(C)(C)[C@H](CO)CB1OCCCO1. The van der Waals surface area contributed by atoms with E-state index in [1.54, 1.807) is 0 Å². The van der Waals surface area contributed by atoms with Gasteiger partial charge in [-0.05, 0) is 24.1 Å². The van der Waals surface area contributed by atoms with Gasteiger partial charge in [-0.1, -0.05) is 20.8 Å². The second-order valence-electron chi connectivity index (χ2n) is 5.01. The molecule has 3 nitrogen and oxygen atoms in total. The van der Waals surface area contributed by atoms with Crippen molar-refractivity contribution in [1.82, 2.24) is 0 Å². The van der Waals surface area contributed by atoms with E-state index >= 15 is 0 Å². The zero-order chi connectivity index (χ0) is 10.6. The molecule has 1 saturated heterocycles. The van der Waals surface area contributed by atoms with Crippen molar-refractivity contribution in [2.24, 2.45) is 11.3 Å². The molecular weight excluding hydrogens is 179 g/mol. The zero-order valence-corrected chi connectivity index (χ0v) is 9.45. The van der Waals surface area contributed by atoms with Gasteiger partial charge in [-0.2, -0.15) is 0 Å². The van der Waals surface area contributed by atoms with Crippen molar-refractivity contribution in [1.29, 1.82) is 0 Å². The zero-order valence-electron chi connectivity index (χ0n) is 9.45. The molecule has 1 atom stereocenters. The molecule has 14 heavy (non-hydrogen) atoms. The molecule has 0 radical (unpaired) electrons. The van der Waals surface area contributed by atoms with Gasteiger partial charge in [0.15, 0.2) is 0 Å². The molecule has 0 saturated carbocycles. The van der Waals surface area contributed by atoms with Gasteiger partial charge in [0.2, 0.25) is 0 Å². The van der Waals surface area contributed by atoms with Crippen LogP contribution < -0.4 is 0 Å². The molecule has 0 aromatic heterocycles. The monoisotopic (exact) mass is 200 g/mol. The number of hydrogen-bond acceptors (Lipinski definition) is 3. The van der Waals surface area contributed by atoms with E-state index in [0.29, 0.717) is 0 Å². The molecule has 0 aromatic rings. The van der Waals surface area contributed by atoms with E-state index in [-0.39, 0.29) is 25.1 Å². The maximum atomic E-state index is 9.28. The maximum Gasteiger partial charge on any atom is 0.457 e. The van der Waals surface area contributed by atoms with E-state index in [2.05, 4.69) is 20.8 Å². The van der Waals surface area contributed by atoms with Crippen LogP contribution in [0.3, 0.4) is 0 Å². The molecule has 0 aliphatic carbocycles. The molecule has 1 rings (SSSR count). The minimum Gasteiger partial charge on any atom is -0.411 e. The van der Waals surface area contributed by atoms with Crippen LogP contribution in [0.15, 0.2) is 0 Å². The van der Waals surface area contributed by atoms with Gasteiger partial charge in [-0.3, -0.25) is 0 Å². The van der Waals surface area contributed by atoms with Crippen molar-refractivity contribution >= 4 is 7.12 Å². The summed E-state index contributed by atoms with van der Waals surface area (Å²) in [4.78, 5) is 0. The summed E-state index contributed by atoms with van der Waals surface area (Å²) >= 11 is 0. The summed E-state index contributed by atoms with van der Waals surface area (Å²) in [7, 11) is -0.111. The highest BCUT2D eigenvalue weighted by atomic mass is 16.6. The van der Waals surface area contributed by atoms with E-state index in [1.165, 1.54) is 0 Å². The lowest BCUT2D eigenvalue weighted by Crippen LogP contribution is -2.36. The average molecular weight is 200 g/mol. The Bertz CT molecular complexity index is 161. The standard InChI is InChI=1S/C10H21BO3/c1-10(2,3)9(8-12)7-11-13-5-4-6-14-11/h9,12H,4-8H2,1-3H3/t9-/m0/s1. The Kier molecular flexibility index (Phi) is 4.42. The average Bonchev–Trinajstić information content (AvgIpc) is 2.14. The molecule has 1 fully saturated rings. The lowest BCUT2D eigenvalue weighted by Gasteiger charge is -2.31. The van der Waals surface area contributed by atoms with E-state index in [0.717, 1.165) is 26.0 Å². The minimum absolute atomic E-state index is 0.110. The molecule has 1 heterocycles. The van der Waals surface area contributed by atoms with E-state index in [9.17, 15) is 5.11 Å². The summed E-state index contributed by atoms with van der Waals surface area (Å²) in [6.45, 7) is 8.18. The highest BCUT2D eigenvalue weighted by Gasteiger charge is 2.32. The summed E-state index contributed by atoms with van der Waals surface area (Å²) in [5, 5.41) is 9.28. The molecule has 0 bridgehead atoms. The Balaban J connectivity index is 2.39. The third-order valence-electron chi connectivity index (χ3n) is 2.82. The molecule has 1 aliphatic heterocycles. The first-order chi connectivity index (χ1) is 6.54. The van der Waals surface area contributed by atoms with Crippen LogP contribution in [0.5, 0.6) is 0 Å². The molecule has 0 amide bonds. The van der Waals surface area contributed by atoms with Crippen LogP contribution in [0.25, 0.3) is 0 Å². The van der Waals surface area contributed by atoms with Crippen LogP contribution in [0.2, 0.25) is 6.32 Å². The molecule has 1 aliphatic rings. The van der Waals surface area contributed by atoms with Crippen molar-refractivity contribution in [3.8, 4) is 0 Å². The van der Waals surface area contributed by atoms with Gasteiger partial charge < -0.3 is 14.4 Å². The van der Waals surface area contributed by atoms with Crippen LogP contribution in [0, 0.1) is 11.3 Å². The first-order valence-electron chi connectivity index (χ1n) is 5.38. The van der Waals surface area contributed by atoms with Gasteiger partial charge in [-0.15, -0.1) is 0 Å². The van der Waals surface area contributed by atoms with Crippen molar-refractivity contribution in [3.63, 3.8) is 0 Å². The molecule has 0 aromatic carbocycles. The van der Waals surface area contributed by atoms with Gasteiger partial charge in [0.1, 0.15) is 0 Å². The normalized spacial score (nSPS) is 21.0. The summed E-state index contributed by atoms with van der Waals surface area (Å²) in [5.74, 6) is 0.241. The van der Waals surface area contributed by atoms with Crippen molar-refractivity contribution in [2.75, 3.05) is 19.8 Å². The highest BCUT2D eigenvalue weighted by Crippen LogP contribution is 2.30. The van der Waals surface area contributed by atoms with Crippen LogP contribution in [0.4, 0.5) is 0 Å². The predicted molar refractivity (Wildman–Crippen MR) is 57.1 cm³/mol. The fourth-order valence-corrected chi connectivity index (χ4v) is 1.61. The number of rotatable bonds is 3. The quantitative estimate of drug-likeness (QED) is 0.702. The van der Waals surface area contributed by atoms with Crippen LogP contribution >= 0.6 is 0 Å². The largest absolute Gasteiger partial charge is 0.457 e. The van der Waals surface area contributed by atoms with E-state index in [4.69, 9.17) is 9.31 Å². The Morgan fingerprint density at radius 3 is 2.29 bits per heavy atom. The van der Waals surface area contributed by atoms with Crippen LogP contribution in [-0.2, 0) is 9.31 Å². The van der Waals surface area contributed by atoms with Crippen molar-refractivity contribution in [3.05, 3.63) is 0 Å². The van der Waals surface area contributed by atoms with E-state index in [1.807, 2.05) is 0 Å². The number of aliphatic hydroxyl groups excluding tert-OH is 1. The van der Waals surface area contributed by atoms with Gasteiger partial charge in [0.05, 0.1) is 0 Å². The summed E-state index contributed by atoms with van der Waals surface area (Å²) in [5.41, 5.74) is 0.110. The maximum absolute atomic E-state index is 9.28. The first-order valence-corrected chi connectivity index (χ1v) is 5.38. The van der Waals surface area contributed by atoms with Crippen molar-refractivity contribution < 1.29 is 14.4 Å². The number of aliphatic hydroxyl groups is 1. The molecule has 0 spiro atoms. The Morgan fingerprint density at radius 2 is 1.86 bits per heavy atom. The van der Waals surface area contributed by atoms with Gasteiger partial charge in [-0.25, -0.2) is 0 Å². The number of hydrogen-bond donors (Lipinski definition) is 1. The Hall–Kier alpha value is -0.0551. The van der Waals surface area contributed by atoms with Gasteiger partial charge >= 0.3 is 7.12 Å². The molecule has 4 heteroatoms. The fourth-order valence-electron chi connectivity index (χ4n) is 1.61. The molecule has 82 valence electrons. The highest BCUT2D eigenvalue weighted by molar-refractivity contribution is 6.44. The lowest BCUT2D eigenvalue weighted by atomic mass is 9.67. The topological polar surface area (TPSA) is 38.7 Å². The smallest absolute Gasteiger partial charge is 0.411 e. The molecular formula is C10H21BO3. The van der Waals surface area contributed by atoms with Gasteiger partial charge in [0, 0.05) is 19.8 Å². The second-order valence-corrected chi connectivity index (χ2v) is 5.01. The Labute approximate surface area is 86.9 Å². The summed E-state index contributed by atoms with van der Waals surface area (Å²) in [6.07, 6.45) is 1.77. The van der Waals surface area contributed by atoms with Crippen molar-refractivity contribution in [2.45, 2.75) is 33.5 Å². The fraction of sp³-hybridized carbons (Fsp3) is 1.00. The van der Waals surface area contributed by atoms with Crippen LogP contribution in [0.1, 0.15) is 27.2 Å². The first kappa shape index (κ1) is 12.0. The third-order valence-corrected chi connectivity index (χ3v) is 2.82. The van der Waals surface area contributed by atoms with Crippen LogP contribution in [-0.4, -0.2) is 32.0 Å². The Morgan fingerprint density at radius 1 is 1.29 bits per heavy atom. The van der Waals surface area contributed by atoms with E-state index < -0.39 is 0 Å².